The summed E-state index contributed by atoms with van der Waals surface area (Å²) in [5.41, 5.74) is 0. The fraction of sp³-hybridized carbons (Fsp3) is 0.867. The third kappa shape index (κ3) is 55.5. The Balaban J connectivity index is 4.14. The van der Waals surface area contributed by atoms with Crippen LogP contribution in [0.1, 0.15) is 284 Å². The maximum atomic E-state index is 12.8. The topological polar surface area (TPSA) is 111 Å². The van der Waals surface area contributed by atoms with Crippen LogP contribution in [0, 0.1) is 0 Å². The lowest BCUT2D eigenvalue weighted by Crippen LogP contribution is -2.37. The van der Waals surface area contributed by atoms with Crippen LogP contribution in [0.2, 0.25) is 0 Å². The Morgan fingerprint density at radius 1 is 0.443 bits per heavy atom. The van der Waals surface area contributed by atoms with E-state index in [0.29, 0.717) is 17.4 Å². The Morgan fingerprint density at radius 3 is 1.14 bits per heavy atom. The molecule has 0 aliphatic rings. The highest BCUT2D eigenvalue weighted by Gasteiger charge is 2.22. The van der Waals surface area contributed by atoms with E-state index in [4.69, 9.17) is 18.5 Å². The van der Waals surface area contributed by atoms with Gasteiger partial charge in [-0.05, 0) is 51.4 Å². The molecule has 0 fully saturated rings. The van der Waals surface area contributed by atoms with Crippen molar-refractivity contribution in [1.82, 2.24) is 0 Å². The summed E-state index contributed by atoms with van der Waals surface area (Å²) in [7, 11) is 1.17. The number of allylic oxidation sites excluding steroid dienone is 6. The van der Waals surface area contributed by atoms with Gasteiger partial charge in [-0.1, -0.05) is 256 Å². The predicted molar refractivity (Wildman–Crippen MR) is 296 cm³/mol. The van der Waals surface area contributed by atoms with E-state index in [0.717, 1.165) is 70.6 Å². The lowest BCUT2D eigenvalue weighted by atomic mass is 10.0. The lowest BCUT2D eigenvalue weighted by Gasteiger charge is -2.28. The summed E-state index contributed by atoms with van der Waals surface area (Å²) in [5.74, 6) is -0.835. The van der Waals surface area contributed by atoms with Gasteiger partial charge in [0.15, 0.2) is 6.10 Å². The molecular weight excluding hydrogens is 894 g/mol. The minimum absolute atomic E-state index is 0.0325. The number of hydrogen-bond acceptors (Lipinski definition) is 8. The zero-order valence-electron chi connectivity index (χ0n) is 46.7. The van der Waals surface area contributed by atoms with Gasteiger partial charge in [0.1, 0.15) is 19.8 Å². The van der Waals surface area contributed by atoms with Gasteiger partial charge in [-0.25, -0.2) is 0 Å². The van der Waals surface area contributed by atoms with Gasteiger partial charge in [-0.2, -0.15) is 0 Å². The SMILES string of the molecule is CCCCCCC/C=C\C/C=C\C/C=C\CCCCCCCCC(=O)OC(COC(=O)CCCCCCCCCCCCCCCCCCCCCCCCCCC)COP(=O)([O-])OCC[N+](C)(C)C. The predicted octanol–water partition coefficient (Wildman–Crippen LogP) is 17.7. The molecule has 0 aromatic rings. The molecule has 0 heterocycles. The van der Waals surface area contributed by atoms with Gasteiger partial charge in [0, 0.05) is 12.8 Å². The maximum Gasteiger partial charge on any atom is 0.306 e. The van der Waals surface area contributed by atoms with Crippen molar-refractivity contribution in [2.75, 3.05) is 47.5 Å². The molecule has 0 amide bonds. The number of phosphoric acid groups is 1. The smallest absolute Gasteiger partial charge is 0.306 e. The monoisotopic (exact) mass is 1010 g/mol. The van der Waals surface area contributed by atoms with E-state index in [9.17, 15) is 19.0 Å². The molecule has 10 heteroatoms. The van der Waals surface area contributed by atoms with Crippen molar-refractivity contribution in [3.8, 4) is 0 Å². The summed E-state index contributed by atoms with van der Waals surface area (Å²) in [6, 6.07) is 0. The maximum absolute atomic E-state index is 12.8. The van der Waals surface area contributed by atoms with Crippen molar-refractivity contribution in [3.63, 3.8) is 0 Å². The average molecular weight is 1010 g/mol. The minimum atomic E-state index is -4.64. The second kappa shape index (κ2) is 52.1. The molecule has 0 saturated carbocycles. The van der Waals surface area contributed by atoms with E-state index in [-0.39, 0.29) is 32.0 Å². The van der Waals surface area contributed by atoms with Crippen LogP contribution in [0.4, 0.5) is 0 Å². The summed E-state index contributed by atoms with van der Waals surface area (Å²) in [5, 5.41) is 0. The molecule has 0 bridgehead atoms. The van der Waals surface area contributed by atoms with Crippen molar-refractivity contribution in [2.24, 2.45) is 0 Å². The molecule has 2 unspecified atom stereocenters. The highest BCUT2D eigenvalue weighted by atomic mass is 31.2. The summed E-state index contributed by atoms with van der Waals surface area (Å²) in [6.07, 6.45) is 63.3. The highest BCUT2D eigenvalue weighted by Crippen LogP contribution is 2.38. The molecule has 0 N–H and O–H groups in total. The largest absolute Gasteiger partial charge is 0.756 e. The fourth-order valence-electron chi connectivity index (χ4n) is 8.55. The van der Waals surface area contributed by atoms with E-state index < -0.39 is 26.5 Å². The number of likely N-dealkylation sites (N-methyl/N-ethyl adjacent to an activating group) is 1. The van der Waals surface area contributed by atoms with Crippen molar-refractivity contribution in [2.45, 2.75) is 290 Å². The quantitative estimate of drug-likeness (QED) is 0.0195. The molecule has 0 saturated heterocycles. The number of carbonyl (C=O) groups excluding carboxylic acids is 2. The van der Waals surface area contributed by atoms with Crippen molar-refractivity contribution < 1.29 is 42.1 Å². The molecular formula is C60H114NO8P. The zero-order valence-corrected chi connectivity index (χ0v) is 47.6. The van der Waals surface area contributed by atoms with Crippen molar-refractivity contribution in [1.29, 1.82) is 0 Å². The summed E-state index contributed by atoms with van der Waals surface area (Å²) < 4.78 is 34.2. The van der Waals surface area contributed by atoms with Crippen LogP contribution in [-0.4, -0.2) is 70.0 Å². The Morgan fingerprint density at radius 2 is 0.771 bits per heavy atom. The first-order valence-corrected chi connectivity index (χ1v) is 31.2. The Bertz CT molecular complexity index is 1280. The minimum Gasteiger partial charge on any atom is -0.756 e. The number of phosphoric ester groups is 1. The van der Waals surface area contributed by atoms with E-state index in [1.165, 1.54) is 180 Å². The second-order valence-corrected chi connectivity index (χ2v) is 22.8. The summed E-state index contributed by atoms with van der Waals surface area (Å²) in [4.78, 5) is 37.9. The van der Waals surface area contributed by atoms with Crippen LogP contribution in [-0.2, 0) is 32.7 Å². The van der Waals surface area contributed by atoms with Gasteiger partial charge in [-0.15, -0.1) is 0 Å². The summed E-state index contributed by atoms with van der Waals surface area (Å²) in [6.45, 7) is 4.26. The third-order valence-electron chi connectivity index (χ3n) is 13.2. The van der Waals surface area contributed by atoms with Crippen LogP contribution in [0.5, 0.6) is 0 Å². The number of hydrogen-bond donors (Lipinski definition) is 0. The molecule has 0 aliphatic carbocycles. The standard InChI is InChI=1S/C60H114NO8P/c1-6-8-10-12-14-16-18-20-22-24-26-28-29-30-31-33-34-36-38-40-42-44-46-48-50-52-59(62)66-56-58(57-68-70(64,65)67-55-54-61(3,4)5)69-60(63)53-51-49-47-45-43-41-39-37-35-32-27-25-23-21-19-17-15-13-11-9-7-2/h19,21,25,27,35,37,58H,6-18,20,22-24,26,28-34,36,38-57H2,1-5H3/b21-19-,27-25-,37-35-. The second-order valence-electron chi connectivity index (χ2n) is 21.4. The van der Waals surface area contributed by atoms with Gasteiger partial charge in [0.05, 0.1) is 27.7 Å². The van der Waals surface area contributed by atoms with Crippen LogP contribution >= 0.6 is 7.82 Å². The number of carbonyl (C=O) groups is 2. The molecule has 0 aliphatic heterocycles. The van der Waals surface area contributed by atoms with Gasteiger partial charge in [0.25, 0.3) is 7.82 Å². The first-order chi connectivity index (χ1) is 34.0. The van der Waals surface area contributed by atoms with Crippen LogP contribution in [0.25, 0.3) is 0 Å². The van der Waals surface area contributed by atoms with Crippen molar-refractivity contribution in [3.05, 3.63) is 36.5 Å². The molecule has 0 rings (SSSR count). The van der Waals surface area contributed by atoms with E-state index >= 15 is 0 Å². The van der Waals surface area contributed by atoms with Crippen LogP contribution < -0.4 is 4.89 Å². The number of quaternary nitrogens is 1. The van der Waals surface area contributed by atoms with E-state index in [1.54, 1.807) is 0 Å². The van der Waals surface area contributed by atoms with Gasteiger partial charge in [-0.3, -0.25) is 14.2 Å². The van der Waals surface area contributed by atoms with E-state index in [2.05, 4.69) is 50.3 Å². The number of unbranched alkanes of at least 4 members (excludes halogenated alkanes) is 35. The van der Waals surface area contributed by atoms with Crippen LogP contribution in [0.15, 0.2) is 36.5 Å². The first-order valence-electron chi connectivity index (χ1n) is 29.7. The average Bonchev–Trinajstić information content (AvgIpc) is 3.32. The molecule has 70 heavy (non-hydrogen) atoms. The van der Waals surface area contributed by atoms with Gasteiger partial charge < -0.3 is 27.9 Å². The Kier molecular flexibility index (Phi) is 50.8. The molecule has 0 aromatic heterocycles. The Labute approximate surface area is 433 Å². The lowest BCUT2D eigenvalue weighted by molar-refractivity contribution is -0.870. The number of rotatable bonds is 55. The molecule has 9 nitrogen and oxygen atoms in total. The third-order valence-corrected chi connectivity index (χ3v) is 14.1. The molecule has 2 atom stereocenters. The zero-order chi connectivity index (χ0) is 51.3. The highest BCUT2D eigenvalue weighted by molar-refractivity contribution is 7.45. The first kappa shape index (κ1) is 68.2. The fourth-order valence-corrected chi connectivity index (χ4v) is 9.28. The normalized spacial score (nSPS) is 13.5. The van der Waals surface area contributed by atoms with Crippen LogP contribution in [0.3, 0.4) is 0 Å². The van der Waals surface area contributed by atoms with E-state index in [1.807, 2.05) is 21.1 Å². The summed E-state index contributed by atoms with van der Waals surface area (Å²) >= 11 is 0. The number of nitrogens with zero attached hydrogens (tertiary/aromatic N) is 1. The molecule has 0 spiro atoms. The number of esters is 2. The van der Waals surface area contributed by atoms with Gasteiger partial charge >= 0.3 is 11.9 Å². The van der Waals surface area contributed by atoms with Crippen molar-refractivity contribution >= 4 is 19.8 Å². The number of ether oxygens (including phenoxy) is 2. The Hall–Kier alpha value is -1.77. The molecule has 412 valence electrons. The molecule has 0 radical (unpaired) electrons. The molecule has 0 aromatic carbocycles. The van der Waals surface area contributed by atoms with Gasteiger partial charge in [0.2, 0.25) is 0 Å².